The monoisotopic (exact) mass is 422 g/mol. The molecule has 2 aromatic carbocycles. The standard InChI is InChI=1S/C21H18N4O2S2/c1-13-8-10-16(11-9-13)19-24-25-21(27-19)28-12-17(26)22-20-23-18(14(2)29-20)15-6-4-3-5-7-15/h3-11H,12H2,1-2H3,(H,22,23,26). The molecule has 0 saturated carbocycles. The molecule has 0 unspecified atom stereocenters. The zero-order chi connectivity index (χ0) is 20.2. The number of thioether (sulfide) groups is 1. The van der Waals surface area contributed by atoms with E-state index in [1.165, 1.54) is 23.1 Å². The Morgan fingerprint density at radius 3 is 2.55 bits per heavy atom. The SMILES string of the molecule is Cc1ccc(-c2nnc(SCC(=O)Nc3nc(-c4ccccc4)c(C)s3)o2)cc1. The van der Waals surface area contributed by atoms with E-state index in [0.29, 0.717) is 16.2 Å². The van der Waals surface area contributed by atoms with E-state index in [9.17, 15) is 4.79 Å². The topological polar surface area (TPSA) is 80.9 Å². The maximum atomic E-state index is 12.3. The molecule has 2 aromatic heterocycles. The average molecular weight is 423 g/mol. The Morgan fingerprint density at radius 1 is 1.03 bits per heavy atom. The molecule has 4 aromatic rings. The van der Waals surface area contributed by atoms with Gasteiger partial charge in [-0.1, -0.05) is 59.8 Å². The summed E-state index contributed by atoms with van der Waals surface area (Å²) >= 11 is 2.66. The van der Waals surface area contributed by atoms with E-state index in [4.69, 9.17) is 4.42 Å². The number of rotatable bonds is 6. The molecule has 1 amide bonds. The van der Waals surface area contributed by atoms with E-state index in [2.05, 4.69) is 20.5 Å². The molecule has 1 N–H and O–H groups in total. The van der Waals surface area contributed by atoms with Gasteiger partial charge in [-0.25, -0.2) is 4.98 Å². The van der Waals surface area contributed by atoms with Crippen LogP contribution in [0.15, 0.2) is 64.2 Å². The lowest BCUT2D eigenvalue weighted by atomic mass is 10.1. The molecular weight excluding hydrogens is 404 g/mol. The first-order valence-corrected chi connectivity index (χ1v) is 10.7. The first kappa shape index (κ1) is 19.4. The molecule has 6 nitrogen and oxygen atoms in total. The molecule has 0 radical (unpaired) electrons. The molecule has 0 saturated heterocycles. The Morgan fingerprint density at radius 2 is 1.79 bits per heavy atom. The largest absolute Gasteiger partial charge is 0.411 e. The van der Waals surface area contributed by atoms with Crippen molar-refractivity contribution < 1.29 is 9.21 Å². The number of benzene rings is 2. The number of hydrogen-bond donors (Lipinski definition) is 1. The molecule has 0 atom stereocenters. The third kappa shape index (κ3) is 4.72. The zero-order valence-corrected chi connectivity index (χ0v) is 17.5. The van der Waals surface area contributed by atoms with Gasteiger partial charge in [-0.05, 0) is 26.0 Å². The van der Waals surface area contributed by atoms with Gasteiger partial charge in [-0.3, -0.25) is 4.79 Å². The zero-order valence-electron chi connectivity index (χ0n) is 15.9. The first-order valence-electron chi connectivity index (χ1n) is 8.94. The highest BCUT2D eigenvalue weighted by Gasteiger charge is 2.14. The Hall–Kier alpha value is -2.97. The van der Waals surface area contributed by atoms with Crippen LogP contribution in [0.5, 0.6) is 0 Å². The van der Waals surface area contributed by atoms with Gasteiger partial charge in [0.25, 0.3) is 5.22 Å². The summed E-state index contributed by atoms with van der Waals surface area (Å²) in [4.78, 5) is 17.9. The van der Waals surface area contributed by atoms with Gasteiger partial charge in [0.2, 0.25) is 11.8 Å². The quantitative estimate of drug-likeness (QED) is 0.430. The van der Waals surface area contributed by atoms with Crippen LogP contribution in [0, 0.1) is 13.8 Å². The molecule has 4 rings (SSSR count). The lowest BCUT2D eigenvalue weighted by Gasteiger charge is -1.99. The minimum atomic E-state index is -0.168. The number of hydrogen-bond acceptors (Lipinski definition) is 7. The fourth-order valence-corrected chi connectivity index (χ4v) is 4.09. The van der Waals surface area contributed by atoms with Gasteiger partial charge in [0.1, 0.15) is 0 Å². The van der Waals surface area contributed by atoms with Crippen molar-refractivity contribution in [2.45, 2.75) is 19.1 Å². The second kappa shape index (κ2) is 8.59. The summed E-state index contributed by atoms with van der Waals surface area (Å²) in [7, 11) is 0. The summed E-state index contributed by atoms with van der Waals surface area (Å²) < 4.78 is 5.64. The number of thiazole rings is 1. The predicted octanol–water partition coefficient (Wildman–Crippen LogP) is 5.21. The van der Waals surface area contributed by atoms with Crippen molar-refractivity contribution in [1.82, 2.24) is 15.2 Å². The molecule has 146 valence electrons. The number of carbonyl (C=O) groups excluding carboxylic acids is 1. The van der Waals surface area contributed by atoms with Crippen LogP contribution in [-0.4, -0.2) is 26.8 Å². The maximum absolute atomic E-state index is 12.3. The minimum absolute atomic E-state index is 0.162. The van der Waals surface area contributed by atoms with Gasteiger partial charge in [-0.2, -0.15) is 0 Å². The van der Waals surface area contributed by atoms with Crippen molar-refractivity contribution in [1.29, 1.82) is 0 Å². The third-order valence-corrected chi connectivity index (χ3v) is 5.83. The lowest BCUT2D eigenvalue weighted by molar-refractivity contribution is -0.113. The van der Waals surface area contributed by atoms with Crippen LogP contribution in [-0.2, 0) is 4.79 Å². The number of amides is 1. The van der Waals surface area contributed by atoms with Crippen molar-refractivity contribution in [3.8, 4) is 22.7 Å². The van der Waals surface area contributed by atoms with Crippen LogP contribution in [0.3, 0.4) is 0 Å². The van der Waals surface area contributed by atoms with Crippen molar-refractivity contribution in [2.75, 3.05) is 11.1 Å². The Bertz CT molecular complexity index is 1120. The van der Waals surface area contributed by atoms with Crippen molar-refractivity contribution >= 4 is 34.1 Å². The van der Waals surface area contributed by atoms with Gasteiger partial charge in [0.15, 0.2) is 5.13 Å². The third-order valence-electron chi connectivity index (χ3n) is 4.12. The molecule has 29 heavy (non-hydrogen) atoms. The Labute approximate surface area is 176 Å². The van der Waals surface area contributed by atoms with Crippen LogP contribution in [0.4, 0.5) is 5.13 Å². The van der Waals surface area contributed by atoms with Crippen LogP contribution < -0.4 is 5.32 Å². The number of anilines is 1. The maximum Gasteiger partial charge on any atom is 0.277 e. The molecule has 8 heteroatoms. The van der Waals surface area contributed by atoms with E-state index in [1.807, 2.05) is 68.4 Å². The molecule has 0 fully saturated rings. The summed E-state index contributed by atoms with van der Waals surface area (Å²) in [6.07, 6.45) is 0. The minimum Gasteiger partial charge on any atom is -0.411 e. The highest BCUT2D eigenvalue weighted by atomic mass is 32.2. The fraction of sp³-hybridized carbons (Fsp3) is 0.143. The number of aryl methyl sites for hydroxylation is 2. The van der Waals surface area contributed by atoms with Gasteiger partial charge >= 0.3 is 0 Å². The Balaban J connectivity index is 1.36. The number of nitrogens with zero attached hydrogens (tertiary/aromatic N) is 3. The van der Waals surface area contributed by atoms with E-state index in [1.54, 1.807) is 0 Å². The summed E-state index contributed by atoms with van der Waals surface area (Å²) in [6.45, 7) is 4.01. The molecule has 2 heterocycles. The Kier molecular flexibility index (Phi) is 5.73. The van der Waals surface area contributed by atoms with E-state index >= 15 is 0 Å². The van der Waals surface area contributed by atoms with Gasteiger partial charge in [0.05, 0.1) is 11.4 Å². The summed E-state index contributed by atoms with van der Waals surface area (Å²) in [5.41, 5.74) is 3.93. The summed E-state index contributed by atoms with van der Waals surface area (Å²) in [5, 5.41) is 11.8. The van der Waals surface area contributed by atoms with Gasteiger partial charge < -0.3 is 9.73 Å². The molecule has 0 aliphatic carbocycles. The molecule has 0 bridgehead atoms. The van der Waals surface area contributed by atoms with Gasteiger partial charge in [0, 0.05) is 16.0 Å². The first-order chi connectivity index (χ1) is 14.1. The normalized spacial score (nSPS) is 10.8. The molecule has 0 aliphatic heterocycles. The van der Waals surface area contributed by atoms with Crippen molar-refractivity contribution in [2.24, 2.45) is 0 Å². The van der Waals surface area contributed by atoms with Crippen LogP contribution in [0.25, 0.3) is 22.7 Å². The average Bonchev–Trinajstić information content (AvgIpc) is 3.34. The second-order valence-electron chi connectivity index (χ2n) is 6.37. The van der Waals surface area contributed by atoms with E-state index in [-0.39, 0.29) is 11.7 Å². The molecule has 0 spiro atoms. The van der Waals surface area contributed by atoms with Crippen molar-refractivity contribution in [3.05, 3.63) is 65.0 Å². The molecular formula is C21H18N4O2S2. The van der Waals surface area contributed by atoms with E-state index < -0.39 is 0 Å². The second-order valence-corrected chi connectivity index (χ2v) is 8.50. The van der Waals surface area contributed by atoms with Crippen LogP contribution >= 0.6 is 23.1 Å². The van der Waals surface area contributed by atoms with Crippen molar-refractivity contribution in [3.63, 3.8) is 0 Å². The van der Waals surface area contributed by atoms with Crippen LogP contribution in [0.2, 0.25) is 0 Å². The highest BCUT2D eigenvalue weighted by molar-refractivity contribution is 7.99. The summed E-state index contributed by atoms with van der Waals surface area (Å²) in [5.74, 6) is 0.434. The van der Waals surface area contributed by atoms with Crippen LogP contribution in [0.1, 0.15) is 10.4 Å². The number of nitrogens with one attached hydrogen (secondary N) is 1. The fourth-order valence-electron chi connectivity index (χ4n) is 2.68. The van der Waals surface area contributed by atoms with E-state index in [0.717, 1.165) is 27.3 Å². The smallest absolute Gasteiger partial charge is 0.277 e. The predicted molar refractivity (Wildman–Crippen MR) is 116 cm³/mol. The highest BCUT2D eigenvalue weighted by Crippen LogP contribution is 2.30. The number of aromatic nitrogens is 3. The number of carbonyl (C=O) groups is 1. The van der Waals surface area contributed by atoms with Gasteiger partial charge in [-0.15, -0.1) is 21.5 Å². The summed E-state index contributed by atoms with van der Waals surface area (Å²) in [6, 6.07) is 17.7. The molecule has 0 aliphatic rings. The lowest BCUT2D eigenvalue weighted by Crippen LogP contribution is -2.13.